The average Bonchev–Trinajstić information content (AvgIpc) is 3.02. The number of benzene rings is 1. The number of nitrogens with zero attached hydrogens (tertiary/aromatic N) is 2. The van der Waals surface area contributed by atoms with Crippen LogP contribution < -0.4 is 5.32 Å². The molecule has 0 spiro atoms. The molecule has 2 aromatic heterocycles. The first kappa shape index (κ1) is 13.4. The predicted molar refractivity (Wildman–Crippen MR) is 83.0 cm³/mol. The molecule has 3 aromatic rings. The summed E-state index contributed by atoms with van der Waals surface area (Å²) < 4.78 is 1.97. The standard InChI is InChI=1S/C16H12ClN3O/c17-15-11-18-7-6-14(15)16(21)19-12-4-3-5-13(10-12)20-8-1-2-9-20/h1-11H,(H,19,21). The van der Waals surface area contributed by atoms with Crippen molar-refractivity contribution in [2.45, 2.75) is 0 Å². The van der Waals surface area contributed by atoms with E-state index in [0.717, 1.165) is 5.69 Å². The maximum atomic E-state index is 12.2. The number of hydrogen-bond acceptors (Lipinski definition) is 2. The van der Waals surface area contributed by atoms with Crippen molar-refractivity contribution in [3.05, 3.63) is 77.8 Å². The molecule has 5 heteroatoms. The Balaban J connectivity index is 1.84. The Morgan fingerprint density at radius 1 is 1.14 bits per heavy atom. The summed E-state index contributed by atoms with van der Waals surface area (Å²) in [7, 11) is 0. The predicted octanol–water partition coefficient (Wildman–Crippen LogP) is 3.78. The second kappa shape index (κ2) is 5.81. The molecule has 21 heavy (non-hydrogen) atoms. The van der Waals surface area contributed by atoms with Crippen LogP contribution in [0.25, 0.3) is 5.69 Å². The van der Waals surface area contributed by atoms with E-state index in [-0.39, 0.29) is 5.91 Å². The van der Waals surface area contributed by atoms with Gasteiger partial charge in [0.25, 0.3) is 5.91 Å². The molecule has 1 amide bonds. The van der Waals surface area contributed by atoms with E-state index in [1.807, 2.05) is 53.4 Å². The third-order valence-electron chi connectivity index (χ3n) is 3.02. The number of pyridine rings is 1. The molecule has 104 valence electrons. The Morgan fingerprint density at radius 2 is 1.95 bits per heavy atom. The Labute approximate surface area is 127 Å². The van der Waals surface area contributed by atoms with Gasteiger partial charge in [-0.05, 0) is 36.4 Å². The zero-order chi connectivity index (χ0) is 14.7. The fourth-order valence-electron chi connectivity index (χ4n) is 2.01. The summed E-state index contributed by atoms with van der Waals surface area (Å²) in [6.07, 6.45) is 6.88. The van der Waals surface area contributed by atoms with Crippen molar-refractivity contribution in [3.8, 4) is 5.69 Å². The van der Waals surface area contributed by atoms with Crippen LogP contribution in [0.5, 0.6) is 0 Å². The highest BCUT2D eigenvalue weighted by Gasteiger charge is 2.10. The number of rotatable bonds is 3. The first-order valence-electron chi connectivity index (χ1n) is 6.38. The fourth-order valence-corrected chi connectivity index (χ4v) is 2.21. The average molecular weight is 298 g/mol. The third-order valence-corrected chi connectivity index (χ3v) is 3.32. The van der Waals surface area contributed by atoms with Gasteiger partial charge in [0.1, 0.15) is 0 Å². The van der Waals surface area contributed by atoms with Crippen LogP contribution in [0.15, 0.2) is 67.3 Å². The molecule has 0 radical (unpaired) electrons. The summed E-state index contributed by atoms with van der Waals surface area (Å²) in [5.74, 6) is -0.257. The van der Waals surface area contributed by atoms with Crippen LogP contribution in [0, 0.1) is 0 Å². The molecule has 4 nitrogen and oxygen atoms in total. The van der Waals surface area contributed by atoms with Gasteiger partial charge in [0, 0.05) is 36.2 Å². The highest BCUT2D eigenvalue weighted by atomic mass is 35.5. The van der Waals surface area contributed by atoms with Gasteiger partial charge >= 0.3 is 0 Å². The van der Waals surface area contributed by atoms with Gasteiger partial charge in [-0.1, -0.05) is 17.7 Å². The first-order chi connectivity index (χ1) is 10.2. The summed E-state index contributed by atoms with van der Waals surface area (Å²) in [5, 5.41) is 3.17. The van der Waals surface area contributed by atoms with Gasteiger partial charge < -0.3 is 9.88 Å². The molecule has 0 fully saturated rings. The van der Waals surface area contributed by atoms with Gasteiger partial charge in [0.2, 0.25) is 0 Å². The summed E-state index contributed by atoms with van der Waals surface area (Å²) in [6.45, 7) is 0. The highest BCUT2D eigenvalue weighted by Crippen LogP contribution is 2.18. The van der Waals surface area contributed by atoms with Crippen molar-refractivity contribution in [1.82, 2.24) is 9.55 Å². The van der Waals surface area contributed by atoms with Crippen molar-refractivity contribution < 1.29 is 4.79 Å². The Kier molecular flexibility index (Phi) is 3.71. The number of hydrogen-bond donors (Lipinski definition) is 1. The molecule has 3 rings (SSSR count). The van der Waals surface area contributed by atoms with Crippen molar-refractivity contribution in [3.63, 3.8) is 0 Å². The first-order valence-corrected chi connectivity index (χ1v) is 6.76. The van der Waals surface area contributed by atoms with Crippen LogP contribution in [0.2, 0.25) is 5.02 Å². The molecule has 0 bridgehead atoms. The number of carbonyl (C=O) groups excluding carboxylic acids is 1. The molecule has 0 aliphatic carbocycles. The van der Waals surface area contributed by atoms with Crippen LogP contribution in [0.1, 0.15) is 10.4 Å². The maximum absolute atomic E-state index is 12.2. The largest absolute Gasteiger partial charge is 0.324 e. The quantitative estimate of drug-likeness (QED) is 0.800. The number of carbonyl (C=O) groups is 1. The number of aromatic nitrogens is 2. The van der Waals surface area contributed by atoms with Crippen LogP contribution in [-0.4, -0.2) is 15.5 Å². The van der Waals surface area contributed by atoms with Gasteiger partial charge in [-0.2, -0.15) is 0 Å². The second-order valence-electron chi connectivity index (χ2n) is 4.45. The molecule has 2 heterocycles. The lowest BCUT2D eigenvalue weighted by Gasteiger charge is -2.09. The van der Waals surface area contributed by atoms with E-state index in [9.17, 15) is 4.79 Å². The van der Waals surface area contributed by atoms with E-state index in [1.165, 1.54) is 12.4 Å². The number of halogens is 1. The molecular formula is C16H12ClN3O. The fraction of sp³-hybridized carbons (Fsp3) is 0. The van der Waals surface area contributed by atoms with Gasteiger partial charge in [-0.15, -0.1) is 0 Å². The SMILES string of the molecule is O=C(Nc1cccc(-n2cccc2)c1)c1ccncc1Cl. The van der Waals surface area contributed by atoms with Gasteiger partial charge in [0.05, 0.1) is 10.6 Å². The summed E-state index contributed by atoms with van der Waals surface area (Å²) in [5.41, 5.74) is 2.08. The van der Waals surface area contributed by atoms with Crippen molar-refractivity contribution in [2.75, 3.05) is 5.32 Å². The minimum absolute atomic E-state index is 0.257. The van der Waals surface area contributed by atoms with Crippen LogP contribution in [-0.2, 0) is 0 Å². The topological polar surface area (TPSA) is 46.9 Å². The Bertz CT molecular complexity index is 769. The van der Waals surface area contributed by atoms with E-state index < -0.39 is 0 Å². The van der Waals surface area contributed by atoms with E-state index in [0.29, 0.717) is 16.3 Å². The highest BCUT2D eigenvalue weighted by molar-refractivity contribution is 6.34. The van der Waals surface area contributed by atoms with E-state index >= 15 is 0 Å². The lowest BCUT2D eigenvalue weighted by molar-refractivity contribution is 0.102. The van der Waals surface area contributed by atoms with Gasteiger partial charge in [0.15, 0.2) is 0 Å². The zero-order valence-corrected chi connectivity index (χ0v) is 11.8. The minimum atomic E-state index is -0.257. The Morgan fingerprint density at radius 3 is 2.71 bits per heavy atom. The van der Waals surface area contributed by atoms with Crippen molar-refractivity contribution >= 4 is 23.2 Å². The maximum Gasteiger partial charge on any atom is 0.257 e. The van der Waals surface area contributed by atoms with E-state index in [4.69, 9.17) is 11.6 Å². The molecule has 0 aliphatic rings. The van der Waals surface area contributed by atoms with E-state index in [2.05, 4.69) is 10.3 Å². The lowest BCUT2D eigenvalue weighted by Crippen LogP contribution is -2.12. The third kappa shape index (κ3) is 2.95. The number of anilines is 1. The molecule has 1 N–H and O–H groups in total. The van der Waals surface area contributed by atoms with Crippen LogP contribution >= 0.6 is 11.6 Å². The number of nitrogens with one attached hydrogen (secondary N) is 1. The molecule has 0 saturated heterocycles. The van der Waals surface area contributed by atoms with E-state index in [1.54, 1.807) is 6.07 Å². The summed E-state index contributed by atoms with van der Waals surface area (Å²) >= 11 is 5.97. The molecule has 1 aromatic carbocycles. The normalized spacial score (nSPS) is 10.3. The zero-order valence-electron chi connectivity index (χ0n) is 11.0. The second-order valence-corrected chi connectivity index (χ2v) is 4.86. The summed E-state index contributed by atoms with van der Waals surface area (Å²) in [6, 6.07) is 13.1. The summed E-state index contributed by atoms with van der Waals surface area (Å²) in [4.78, 5) is 16.1. The molecule has 0 aliphatic heterocycles. The smallest absolute Gasteiger partial charge is 0.257 e. The monoisotopic (exact) mass is 297 g/mol. The van der Waals surface area contributed by atoms with Crippen LogP contribution in [0.3, 0.4) is 0 Å². The van der Waals surface area contributed by atoms with Gasteiger partial charge in [-0.25, -0.2) is 0 Å². The Hall–Kier alpha value is -2.59. The van der Waals surface area contributed by atoms with Gasteiger partial charge in [-0.3, -0.25) is 9.78 Å². The molecule has 0 unspecified atom stereocenters. The minimum Gasteiger partial charge on any atom is -0.324 e. The number of amides is 1. The molecule has 0 saturated carbocycles. The van der Waals surface area contributed by atoms with Crippen LogP contribution in [0.4, 0.5) is 5.69 Å². The molecular weight excluding hydrogens is 286 g/mol. The lowest BCUT2D eigenvalue weighted by atomic mass is 10.2. The van der Waals surface area contributed by atoms with Crippen molar-refractivity contribution in [2.24, 2.45) is 0 Å². The van der Waals surface area contributed by atoms with Crippen molar-refractivity contribution in [1.29, 1.82) is 0 Å². The molecule has 0 atom stereocenters.